The third-order valence-electron chi connectivity index (χ3n) is 2.92. The first-order chi connectivity index (χ1) is 9.51. The summed E-state index contributed by atoms with van der Waals surface area (Å²) in [5, 5.41) is 2.74. The van der Waals surface area contributed by atoms with Crippen LogP contribution in [-0.2, 0) is 14.3 Å². The summed E-state index contributed by atoms with van der Waals surface area (Å²) < 4.78 is 9.71. The summed E-state index contributed by atoms with van der Waals surface area (Å²) in [7, 11) is 2.84. The van der Waals surface area contributed by atoms with Gasteiger partial charge in [0, 0.05) is 19.3 Å². The molecule has 1 rings (SSSR count). The summed E-state index contributed by atoms with van der Waals surface area (Å²) in [5.74, 6) is -0.588. The van der Waals surface area contributed by atoms with Gasteiger partial charge in [-0.25, -0.2) is 4.79 Å². The predicted octanol–water partition coefficient (Wildman–Crippen LogP) is 1.51. The van der Waals surface area contributed by atoms with Gasteiger partial charge in [-0.3, -0.25) is 4.79 Å². The van der Waals surface area contributed by atoms with Crippen molar-refractivity contribution in [2.75, 3.05) is 26.1 Å². The fraction of sp³-hybridized carbons (Fsp3) is 0.429. The minimum atomic E-state index is -0.400. The lowest BCUT2D eigenvalue weighted by Gasteiger charge is -2.13. The summed E-state index contributed by atoms with van der Waals surface area (Å²) in [4.78, 5) is 23.2. The van der Waals surface area contributed by atoms with Gasteiger partial charge in [0.05, 0.1) is 25.2 Å². The Kier molecular flexibility index (Phi) is 8.61. The van der Waals surface area contributed by atoms with E-state index < -0.39 is 5.97 Å². The molecule has 1 unspecified atom stereocenters. The Balaban J connectivity index is 0.00000400. The highest BCUT2D eigenvalue weighted by molar-refractivity contribution is 5.94. The molecule has 0 fully saturated rings. The molecule has 0 heterocycles. The highest BCUT2D eigenvalue weighted by Crippen LogP contribution is 2.16. The fourth-order valence-corrected chi connectivity index (χ4v) is 1.76. The molecule has 7 heteroatoms. The van der Waals surface area contributed by atoms with Crippen molar-refractivity contribution in [3.63, 3.8) is 0 Å². The van der Waals surface area contributed by atoms with Gasteiger partial charge >= 0.3 is 5.97 Å². The number of hydrogen-bond donors (Lipinski definition) is 2. The van der Waals surface area contributed by atoms with Crippen LogP contribution in [0.5, 0.6) is 0 Å². The number of anilines is 1. The van der Waals surface area contributed by atoms with Crippen molar-refractivity contribution in [1.82, 2.24) is 0 Å². The first kappa shape index (κ1) is 19.4. The molecule has 0 saturated carbocycles. The summed E-state index contributed by atoms with van der Waals surface area (Å²) in [6.45, 7) is 2.06. The maximum atomic E-state index is 11.8. The van der Waals surface area contributed by atoms with Crippen molar-refractivity contribution < 1.29 is 19.1 Å². The number of hydrogen-bond acceptors (Lipinski definition) is 5. The predicted molar refractivity (Wildman–Crippen MR) is 82.9 cm³/mol. The second-order valence-electron chi connectivity index (χ2n) is 4.37. The molecule has 21 heavy (non-hydrogen) atoms. The molecule has 0 spiro atoms. The number of carbonyl (C=O) groups is 2. The Morgan fingerprint density at radius 2 is 2.00 bits per heavy atom. The number of nitrogens with one attached hydrogen (secondary N) is 1. The van der Waals surface area contributed by atoms with E-state index in [1.165, 1.54) is 14.2 Å². The number of benzene rings is 1. The van der Waals surface area contributed by atoms with Gasteiger partial charge in [0.15, 0.2) is 0 Å². The molecule has 0 aromatic heterocycles. The summed E-state index contributed by atoms with van der Waals surface area (Å²) in [6.07, 6.45) is -0.115. The van der Waals surface area contributed by atoms with E-state index in [1.807, 2.05) is 0 Å². The van der Waals surface area contributed by atoms with Crippen molar-refractivity contribution >= 4 is 30.0 Å². The standard InChI is InChI=1S/C14H20N2O4.ClH/c1-9-6-10(4-5-12(9)14(18)20-3)16-13(17)7-11(8-15)19-2;/h4-6,11H,7-8,15H2,1-3H3,(H,16,17);1H. The highest BCUT2D eigenvalue weighted by Gasteiger charge is 2.13. The van der Waals surface area contributed by atoms with Crippen LogP contribution in [-0.4, -0.2) is 38.7 Å². The van der Waals surface area contributed by atoms with Gasteiger partial charge in [-0.1, -0.05) is 0 Å². The van der Waals surface area contributed by atoms with Gasteiger partial charge in [-0.15, -0.1) is 12.4 Å². The second-order valence-corrected chi connectivity index (χ2v) is 4.37. The topological polar surface area (TPSA) is 90.7 Å². The molecule has 1 aromatic rings. The summed E-state index contributed by atoms with van der Waals surface area (Å²) >= 11 is 0. The van der Waals surface area contributed by atoms with E-state index in [1.54, 1.807) is 25.1 Å². The summed E-state index contributed by atoms with van der Waals surface area (Å²) in [6, 6.07) is 4.99. The van der Waals surface area contributed by atoms with E-state index in [9.17, 15) is 9.59 Å². The molecule has 118 valence electrons. The second kappa shape index (κ2) is 9.33. The number of methoxy groups -OCH3 is 2. The normalized spacial score (nSPS) is 11.2. The number of halogens is 1. The number of rotatable bonds is 6. The van der Waals surface area contributed by atoms with Crippen molar-refractivity contribution in [2.45, 2.75) is 19.4 Å². The number of nitrogens with two attached hydrogens (primary N) is 1. The van der Waals surface area contributed by atoms with Crippen LogP contribution in [0.4, 0.5) is 5.69 Å². The molecule has 0 saturated heterocycles. The van der Waals surface area contributed by atoms with Crippen LogP contribution < -0.4 is 11.1 Å². The van der Waals surface area contributed by atoms with Crippen LogP contribution in [0, 0.1) is 6.92 Å². The van der Waals surface area contributed by atoms with Gasteiger partial charge < -0.3 is 20.5 Å². The Morgan fingerprint density at radius 3 is 2.48 bits per heavy atom. The van der Waals surface area contributed by atoms with E-state index in [2.05, 4.69) is 10.1 Å². The molecule has 0 aliphatic rings. The third-order valence-corrected chi connectivity index (χ3v) is 2.92. The van der Waals surface area contributed by atoms with Gasteiger partial charge in [-0.05, 0) is 30.7 Å². The van der Waals surface area contributed by atoms with Gasteiger partial charge in [-0.2, -0.15) is 0 Å². The number of aryl methyl sites for hydroxylation is 1. The zero-order valence-electron chi connectivity index (χ0n) is 12.3. The maximum Gasteiger partial charge on any atom is 0.338 e. The third kappa shape index (κ3) is 5.71. The van der Waals surface area contributed by atoms with Crippen molar-refractivity contribution in [3.8, 4) is 0 Å². The van der Waals surface area contributed by atoms with E-state index in [4.69, 9.17) is 10.5 Å². The van der Waals surface area contributed by atoms with Gasteiger partial charge in [0.1, 0.15) is 0 Å². The highest BCUT2D eigenvalue weighted by atomic mass is 35.5. The quantitative estimate of drug-likeness (QED) is 0.776. The number of carbonyl (C=O) groups excluding carboxylic acids is 2. The monoisotopic (exact) mass is 316 g/mol. The minimum absolute atomic E-state index is 0. The van der Waals surface area contributed by atoms with Crippen LogP contribution in [0.25, 0.3) is 0 Å². The first-order valence-electron chi connectivity index (χ1n) is 6.23. The summed E-state index contributed by atoms with van der Waals surface area (Å²) in [5.41, 5.74) is 7.29. The van der Waals surface area contributed by atoms with Crippen molar-refractivity contribution in [2.24, 2.45) is 5.73 Å². The molecule has 0 aliphatic carbocycles. The molecule has 0 aliphatic heterocycles. The molecule has 1 aromatic carbocycles. The fourth-order valence-electron chi connectivity index (χ4n) is 1.76. The average molecular weight is 317 g/mol. The molecular formula is C14H21ClN2O4. The largest absolute Gasteiger partial charge is 0.465 e. The SMILES string of the molecule is COC(=O)c1ccc(NC(=O)CC(CN)OC)cc1C.Cl. The van der Waals surface area contributed by atoms with Crippen molar-refractivity contribution in [3.05, 3.63) is 29.3 Å². The molecule has 1 amide bonds. The molecular weight excluding hydrogens is 296 g/mol. The molecule has 3 N–H and O–H groups in total. The Bertz CT molecular complexity index is 490. The zero-order chi connectivity index (χ0) is 15.1. The minimum Gasteiger partial charge on any atom is -0.465 e. The van der Waals surface area contributed by atoms with Crippen LogP contribution in [0.2, 0.25) is 0 Å². The van der Waals surface area contributed by atoms with Gasteiger partial charge in [0.25, 0.3) is 0 Å². The molecule has 1 atom stereocenters. The molecule has 0 bridgehead atoms. The van der Waals surface area contributed by atoms with E-state index >= 15 is 0 Å². The number of amides is 1. The van der Waals surface area contributed by atoms with Crippen LogP contribution in [0.3, 0.4) is 0 Å². The van der Waals surface area contributed by atoms with Gasteiger partial charge in [0.2, 0.25) is 5.91 Å². The van der Waals surface area contributed by atoms with E-state index in [-0.39, 0.29) is 37.4 Å². The van der Waals surface area contributed by atoms with E-state index in [0.717, 1.165) is 5.56 Å². The first-order valence-corrected chi connectivity index (χ1v) is 6.23. The number of ether oxygens (including phenoxy) is 2. The Hall–Kier alpha value is -1.63. The Morgan fingerprint density at radius 1 is 1.33 bits per heavy atom. The average Bonchev–Trinajstić information content (AvgIpc) is 2.44. The van der Waals surface area contributed by atoms with Crippen LogP contribution in [0.15, 0.2) is 18.2 Å². The van der Waals surface area contributed by atoms with Crippen LogP contribution >= 0.6 is 12.4 Å². The maximum absolute atomic E-state index is 11.8. The smallest absolute Gasteiger partial charge is 0.338 e. The number of esters is 1. The van der Waals surface area contributed by atoms with Crippen molar-refractivity contribution in [1.29, 1.82) is 0 Å². The molecule has 0 radical (unpaired) electrons. The lowest BCUT2D eigenvalue weighted by Crippen LogP contribution is -2.28. The lowest BCUT2D eigenvalue weighted by atomic mass is 10.1. The van der Waals surface area contributed by atoms with E-state index in [0.29, 0.717) is 11.3 Å². The Labute approximate surface area is 130 Å². The van der Waals surface area contributed by atoms with Crippen LogP contribution in [0.1, 0.15) is 22.3 Å². The molecule has 6 nitrogen and oxygen atoms in total. The zero-order valence-corrected chi connectivity index (χ0v) is 13.2. The lowest BCUT2D eigenvalue weighted by molar-refractivity contribution is -0.118.